The van der Waals surface area contributed by atoms with Gasteiger partial charge in [-0.15, -0.1) is 0 Å². The molecule has 0 atom stereocenters. The Morgan fingerprint density at radius 3 is 2.32 bits per heavy atom. The first kappa shape index (κ1) is 15.5. The molecule has 22 heavy (non-hydrogen) atoms. The highest BCUT2D eigenvalue weighted by molar-refractivity contribution is 6.04. The smallest absolute Gasteiger partial charge is 0.269 e. The molecular formula is C16H16N2O4. The Labute approximate surface area is 127 Å². The molecule has 0 spiro atoms. The third-order valence-corrected chi connectivity index (χ3v) is 2.93. The van der Waals surface area contributed by atoms with Crippen LogP contribution in [0.5, 0.6) is 5.75 Å². The zero-order chi connectivity index (χ0) is 15.9. The summed E-state index contributed by atoms with van der Waals surface area (Å²) >= 11 is 0. The van der Waals surface area contributed by atoms with Gasteiger partial charge in [0.25, 0.3) is 11.6 Å². The fourth-order valence-corrected chi connectivity index (χ4v) is 1.79. The van der Waals surface area contributed by atoms with E-state index in [1.807, 2.05) is 6.92 Å². The molecule has 2 rings (SSSR count). The monoisotopic (exact) mass is 300 g/mol. The summed E-state index contributed by atoms with van der Waals surface area (Å²) in [5, 5.41) is 13.3. The number of hydrogen-bond acceptors (Lipinski definition) is 4. The minimum atomic E-state index is -0.503. The lowest BCUT2D eigenvalue weighted by atomic mass is 10.2. The van der Waals surface area contributed by atoms with Crippen LogP contribution in [-0.2, 0) is 0 Å². The van der Waals surface area contributed by atoms with E-state index in [0.29, 0.717) is 17.9 Å². The maximum Gasteiger partial charge on any atom is 0.269 e. The number of benzene rings is 2. The van der Waals surface area contributed by atoms with E-state index in [0.717, 1.165) is 12.2 Å². The minimum Gasteiger partial charge on any atom is -0.494 e. The van der Waals surface area contributed by atoms with Crippen molar-refractivity contribution in [3.05, 3.63) is 64.2 Å². The summed E-state index contributed by atoms with van der Waals surface area (Å²) in [7, 11) is 0. The summed E-state index contributed by atoms with van der Waals surface area (Å²) in [4.78, 5) is 22.1. The summed E-state index contributed by atoms with van der Waals surface area (Å²) in [5.41, 5.74) is 0.943. The van der Waals surface area contributed by atoms with E-state index in [2.05, 4.69) is 5.32 Å². The SMILES string of the molecule is CCCOc1ccc(NC(=O)c2ccc([N+](=O)[O-])cc2)cc1. The lowest BCUT2D eigenvalue weighted by Gasteiger charge is -2.07. The van der Waals surface area contributed by atoms with E-state index in [1.54, 1.807) is 24.3 Å². The van der Waals surface area contributed by atoms with E-state index >= 15 is 0 Å². The number of nitro benzene ring substituents is 1. The van der Waals surface area contributed by atoms with Crippen LogP contribution in [0.1, 0.15) is 23.7 Å². The van der Waals surface area contributed by atoms with Crippen molar-refractivity contribution in [3.8, 4) is 5.75 Å². The van der Waals surface area contributed by atoms with Crippen LogP contribution in [-0.4, -0.2) is 17.4 Å². The van der Waals surface area contributed by atoms with E-state index in [1.165, 1.54) is 24.3 Å². The van der Waals surface area contributed by atoms with Crippen molar-refractivity contribution in [3.63, 3.8) is 0 Å². The Bertz CT molecular complexity index is 651. The van der Waals surface area contributed by atoms with Crippen LogP contribution >= 0.6 is 0 Å². The second kappa shape index (κ2) is 7.21. The van der Waals surface area contributed by atoms with E-state index < -0.39 is 4.92 Å². The maximum absolute atomic E-state index is 12.0. The van der Waals surface area contributed by atoms with Gasteiger partial charge in [0.2, 0.25) is 0 Å². The predicted octanol–water partition coefficient (Wildman–Crippen LogP) is 3.64. The van der Waals surface area contributed by atoms with Gasteiger partial charge in [0.1, 0.15) is 5.75 Å². The third kappa shape index (κ3) is 4.05. The van der Waals surface area contributed by atoms with Crippen molar-refractivity contribution in [1.29, 1.82) is 0 Å². The number of rotatable bonds is 6. The minimum absolute atomic E-state index is 0.0472. The Morgan fingerprint density at radius 1 is 1.14 bits per heavy atom. The van der Waals surface area contributed by atoms with Gasteiger partial charge in [-0.3, -0.25) is 14.9 Å². The summed E-state index contributed by atoms with van der Waals surface area (Å²) in [6, 6.07) is 12.5. The lowest BCUT2D eigenvalue weighted by Crippen LogP contribution is -2.11. The van der Waals surface area contributed by atoms with Crippen LogP contribution in [0.15, 0.2) is 48.5 Å². The van der Waals surface area contributed by atoms with Crippen molar-refractivity contribution >= 4 is 17.3 Å². The second-order valence-corrected chi connectivity index (χ2v) is 4.63. The molecule has 1 N–H and O–H groups in total. The zero-order valence-electron chi connectivity index (χ0n) is 12.1. The quantitative estimate of drug-likeness (QED) is 0.652. The molecule has 0 heterocycles. The molecule has 0 aliphatic carbocycles. The molecule has 1 amide bonds. The van der Waals surface area contributed by atoms with Crippen LogP contribution in [0.3, 0.4) is 0 Å². The van der Waals surface area contributed by atoms with Gasteiger partial charge in [-0.1, -0.05) is 6.92 Å². The highest BCUT2D eigenvalue weighted by Gasteiger charge is 2.09. The summed E-state index contributed by atoms with van der Waals surface area (Å²) in [6.07, 6.45) is 0.929. The molecule has 0 aromatic heterocycles. The standard InChI is InChI=1S/C16H16N2O4/c1-2-11-22-15-9-5-13(6-10-15)17-16(19)12-3-7-14(8-4-12)18(20)21/h3-10H,2,11H2,1H3,(H,17,19). The van der Waals surface area contributed by atoms with Crippen LogP contribution in [0.25, 0.3) is 0 Å². The van der Waals surface area contributed by atoms with Gasteiger partial charge in [-0.05, 0) is 42.8 Å². The van der Waals surface area contributed by atoms with Crippen molar-refractivity contribution in [2.75, 3.05) is 11.9 Å². The number of nitrogens with one attached hydrogen (secondary N) is 1. The average Bonchev–Trinajstić information content (AvgIpc) is 2.54. The van der Waals surface area contributed by atoms with E-state index in [9.17, 15) is 14.9 Å². The first-order valence-electron chi connectivity index (χ1n) is 6.89. The van der Waals surface area contributed by atoms with Crippen molar-refractivity contribution < 1.29 is 14.5 Å². The molecule has 2 aromatic rings. The molecule has 0 saturated carbocycles. The van der Waals surface area contributed by atoms with Gasteiger partial charge in [0.15, 0.2) is 0 Å². The summed E-state index contributed by atoms with van der Waals surface area (Å²) < 4.78 is 5.46. The van der Waals surface area contributed by atoms with Gasteiger partial charge < -0.3 is 10.1 Å². The molecule has 0 bridgehead atoms. The van der Waals surface area contributed by atoms with Crippen LogP contribution in [0.2, 0.25) is 0 Å². The number of anilines is 1. The number of nitro groups is 1. The van der Waals surface area contributed by atoms with Gasteiger partial charge in [-0.2, -0.15) is 0 Å². The van der Waals surface area contributed by atoms with Gasteiger partial charge >= 0.3 is 0 Å². The highest BCUT2D eigenvalue weighted by Crippen LogP contribution is 2.17. The van der Waals surface area contributed by atoms with Crippen LogP contribution < -0.4 is 10.1 Å². The molecule has 2 aromatic carbocycles. The highest BCUT2D eigenvalue weighted by atomic mass is 16.6. The molecule has 6 heteroatoms. The number of nitrogens with zero attached hydrogens (tertiary/aromatic N) is 1. The predicted molar refractivity (Wildman–Crippen MR) is 83.3 cm³/mol. The average molecular weight is 300 g/mol. The molecule has 0 aliphatic rings. The summed E-state index contributed by atoms with van der Waals surface area (Å²) in [6.45, 7) is 2.67. The number of carbonyl (C=O) groups is 1. The van der Waals surface area contributed by atoms with E-state index in [4.69, 9.17) is 4.74 Å². The van der Waals surface area contributed by atoms with Gasteiger partial charge in [-0.25, -0.2) is 0 Å². The third-order valence-electron chi connectivity index (χ3n) is 2.93. The maximum atomic E-state index is 12.0. The molecule has 6 nitrogen and oxygen atoms in total. The van der Waals surface area contributed by atoms with Crippen LogP contribution in [0.4, 0.5) is 11.4 Å². The molecule has 0 radical (unpaired) electrons. The normalized spacial score (nSPS) is 10.0. The van der Waals surface area contributed by atoms with Gasteiger partial charge in [0, 0.05) is 23.4 Å². The zero-order valence-corrected chi connectivity index (χ0v) is 12.1. The first-order chi connectivity index (χ1) is 10.6. The Balaban J connectivity index is 2.00. The fourth-order valence-electron chi connectivity index (χ4n) is 1.79. The van der Waals surface area contributed by atoms with Crippen molar-refractivity contribution in [2.24, 2.45) is 0 Å². The second-order valence-electron chi connectivity index (χ2n) is 4.63. The Morgan fingerprint density at radius 2 is 1.77 bits per heavy atom. The molecule has 0 unspecified atom stereocenters. The molecule has 0 saturated heterocycles. The lowest BCUT2D eigenvalue weighted by molar-refractivity contribution is -0.384. The largest absolute Gasteiger partial charge is 0.494 e. The van der Waals surface area contributed by atoms with Crippen LogP contribution in [0, 0.1) is 10.1 Å². The number of hydrogen-bond donors (Lipinski definition) is 1. The van der Waals surface area contributed by atoms with Crippen molar-refractivity contribution in [2.45, 2.75) is 13.3 Å². The molecular weight excluding hydrogens is 284 g/mol. The Kier molecular flexibility index (Phi) is 5.08. The Hall–Kier alpha value is -2.89. The fraction of sp³-hybridized carbons (Fsp3) is 0.188. The van der Waals surface area contributed by atoms with E-state index in [-0.39, 0.29) is 11.6 Å². The van der Waals surface area contributed by atoms with Crippen molar-refractivity contribution in [1.82, 2.24) is 0 Å². The number of carbonyl (C=O) groups excluding carboxylic acids is 1. The van der Waals surface area contributed by atoms with Gasteiger partial charge in [0.05, 0.1) is 11.5 Å². The number of non-ortho nitro benzene ring substituents is 1. The topological polar surface area (TPSA) is 81.5 Å². The number of amides is 1. The molecule has 0 aliphatic heterocycles. The number of ether oxygens (including phenoxy) is 1. The molecule has 0 fully saturated rings. The molecule has 114 valence electrons. The summed E-state index contributed by atoms with van der Waals surface area (Å²) in [5.74, 6) is 0.423. The first-order valence-corrected chi connectivity index (χ1v) is 6.89.